The number of para-hydroxylation sites is 2. The highest BCUT2D eigenvalue weighted by atomic mass is 16.3. The number of benzene rings is 11. The summed E-state index contributed by atoms with van der Waals surface area (Å²) in [7, 11) is 0. The molecule has 12 rings (SSSR count). The van der Waals surface area contributed by atoms with Gasteiger partial charge in [0.1, 0.15) is 11.2 Å². The van der Waals surface area contributed by atoms with Crippen LogP contribution in [0.1, 0.15) is 0 Å². The van der Waals surface area contributed by atoms with Gasteiger partial charge in [0, 0.05) is 27.6 Å². The molecule has 12 aromatic rings. The first kappa shape index (κ1) is 35.7. The van der Waals surface area contributed by atoms with Crippen LogP contribution in [-0.2, 0) is 0 Å². The van der Waals surface area contributed by atoms with E-state index in [1.54, 1.807) is 0 Å². The number of hydrogen-bond donors (Lipinski definition) is 0. The minimum atomic E-state index is 0.884. The molecule has 62 heavy (non-hydrogen) atoms. The maximum absolute atomic E-state index is 6.45. The summed E-state index contributed by atoms with van der Waals surface area (Å²) in [5.74, 6) is 0. The van der Waals surface area contributed by atoms with Gasteiger partial charge in [-0.15, -0.1) is 0 Å². The Morgan fingerprint density at radius 2 is 0.790 bits per heavy atom. The van der Waals surface area contributed by atoms with Crippen LogP contribution in [0.5, 0.6) is 0 Å². The number of nitrogens with zero attached hydrogens (tertiary/aromatic N) is 1. The molecule has 2 heteroatoms. The third-order valence-corrected chi connectivity index (χ3v) is 12.5. The highest BCUT2D eigenvalue weighted by Crippen LogP contribution is 2.46. The lowest BCUT2D eigenvalue weighted by Crippen LogP contribution is -2.12. The second kappa shape index (κ2) is 14.8. The van der Waals surface area contributed by atoms with E-state index in [1.165, 1.54) is 54.6 Å². The van der Waals surface area contributed by atoms with E-state index in [0.717, 1.165) is 61.3 Å². The van der Waals surface area contributed by atoms with Crippen molar-refractivity contribution in [3.63, 3.8) is 0 Å². The summed E-state index contributed by atoms with van der Waals surface area (Å²) in [5.41, 5.74) is 14.4. The molecule has 0 aliphatic carbocycles. The molecule has 0 unspecified atom stereocenters. The molecule has 0 atom stereocenters. The van der Waals surface area contributed by atoms with Crippen molar-refractivity contribution in [1.29, 1.82) is 0 Å². The molecule has 1 aromatic heterocycles. The quantitative estimate of drug-likeness (QED) is 0.150. The maximum atomic E-state index is 6.45. The van der Waals surface area contributed by atoms with Crippen molar-refractivity contribution in [2.24, 2.45) is 0 Å². The molecule has 0 radical (unpaired) electrons. The highest BCUT2D eigenvalue weighted by Gasteiger charge is 2.22. The first-order chi connectivity index (χ1) is 30.7. The van der Waals surface area contributed by atoms with Crippen molar-refractivity contribution < 1.29 is 4.42 Å². The van der Waals surface area contributed by atoms with Crippen molar-refractivity contribution in [2.75, 3.05) is 4.90 Å². The van der Waals surface area contributed by atoms with Crippen LogP contribution in [0.4, 0.5) is 17.1 Å². The monoisotopic (exact) mass is 789 g/mol. The van der Waals surface area contributed by atoms with E-state index < -0.39 is 0 Å². The van der Waals surface area contributed by atoms with E-state index in [4.69, 9.17) is 4.42 Å². The van der Waals surface area contributed by atoms with Crippen LogP contribution in [0.25, 0.3) is 98.8 Å². The molecule has 0 fully saturated rings. The van der Waals surface area contributed by atoms with Gasteiger partial charge in [0.25, 0.3) is 0 Å². The fourth-order valence-electron chi connectivity index (χ4n) is 9.42. The van der Waals surface area contributed by atoms with Gasteiger partial charge in [0.15, 0.2) is 0 Å². The average molecular weight is 790 g/mol. The predicted molar refractivity (Wildman–Crippen MR) is 263 cm³/mol. The standard InChI is InChI=1S/C60H39NO/c1-2-13-40(14-3-1)41-25-27-44(28-26-41)51-19-8-10-23-57(51)61(48-33-29-43(30-34-48)50-21-12-22-53-49-18-7-6-15-42(49)31-35-54(50)53)58-24-11-9-20-52(58)47-32-36-59-55(38-47)56-37-45-16-4-5-17-46(45)39-60(56)62-59/h1-39H. The summed E-state index contributed by atoms with van der Waals surface area (Å²) in [6.07, 6.45) is 0. The zero-order chi connectivity index (χ0) is 41.0. The summed E-state index contributed by atoms with van der Waals surface area (Å²) in [4.78, 5) is 2.43. The van der Waals surface area contributed by atoms with E-state index in [2.05, 4.69) is 241 Å². The number of fused-ring (bicyclic) bond motifs is 7. The molecule has 0 bridgehead atoms. The lowest BCUT2D eigenvalue weighted by Gasteiger charge is -2.30. The van der Waals surface area contributed by atoms with Crippen LogP contribution in [0, 0.1) is 0 Å². The molecule has 0 N–H and O–H groups in total. The van der Waals surface area contributed by atoms with Gasteiger partial charge in [-0.1, -0.05) is 188 Å². The van der Waals surface area contributed by atoms with E-state index in [-0.39, 0.29) is 0 Å². The minimum Gasteiger partial charge on any atom is -0.456 e. The Morgan fingerprint density at radius 3 is 1.56 bits per heavy atom. The molecule has 2 nitrogen and oxygen atoms in total. The van der Waals surface area contributed by atoms with Gasteiger partial charge in [0.05, 0.1) is 11.4 Å². The normalized spacial score (nSPS) is 11.5. The predicted octanol–water partition coefficient (Wildman–Crippen LogP) is 17.2. The second-order valence-electron chi connectivity index (χ2n) is 16.1. The number of furan rings is 1. The van der Waals surface area contributed by atoms with Crippen molar-refractivity contribution in [3.05, 3.63) is 237 Å². The molecule has 11 aromatic carbocycles. The molecular weight excluding hydrogens is 751 g/mol. The van der Waals surface area contributed by atoms with Gasteiger partial charge in [-0.25, -0.2) is 0 Å². The smallest absolute Gasteiger partial charge is 0.136 e. The topological polar surface area (TPSA) is 16.4 Å². The van der Waals surface area contributed by atoms with E-state index in [9.17, 15) is 0 Å². The number of rotatable bonds is 7. The Morgan fingerprint density at radius 1 is 0.258 bits per heavy atom. The van der Waals surface area contributed by atoms with Gasteiger partial charge in [-0.2, -0.15) is 0 Å². The molecule has 0 aliphatic heterocycles. The summed E-state index contributed by atoms with van der Waals surface area (Å²) in [6, 6.07) is 85.6. The number of anilines is 3. The highest BCUT2D eigenvalue weighted by molar-refractivity contribution is 6.13. The van der Waals surface area contributed by atoms with Crippen LogP contribution in [-0.4, -0.2) is 0 Å². The Hall–Kier alpha value is -8.20. The van der Waals surface area contributed by atoms with Crippen LogP contribution in [0.2, 0.25) is 0 Å². The second-order valence-corrected chi connectivity index (χ2v) is 16.1. The van der Waals surface area contributed by atoms with E-state index >= 15 is 0 Å². The van der Waals surface area contributed by atoms with Gasteiger partial charge in [-0.05, 0) is 114 Å². The van der Waals surface area contributed by atoms with Crippen LogP contribution < -0.4 is 4.90 Å². The molecule has 290 valence electrons. The first-order valence-corrected chi connectivity index (χ1v) is 21.2. The average Bonchev–Trinajstić information content (AvgIpc) is 3.70. The van der Waals surface area contributed by atoms with Crippen molar-refractivity contribution >= 4 is 71.3 Å². The van der Waals surface area contributed by atoms with Crippen molar-refractivity contribution in [1.82, 2.24) is 0 Å². The summed E-state index contributed by atoms with van der Waals surface area (Å²) < 4.78 is 6.45. The van der Waals surface area contributed by atoms with Gasteiger partial charge < -0.3 is 9.32 Å². The van der Waals surface area contributed by atoms with Crippen LogP contribution in [0.15, 0.2) is 241 Å². The first-order valence-electron chi connectivity index (χ1n) is 21.2. The zero-order valence-electron chi connectivity index (χ0n) is 33.9. The largest absolute Gasteiger partial charge is 0.456 e. The lowest BCUT2D eigenvalue weighted by molar-refractivity contribution is 0.669. The van der Waals surface area contributed by atoms with Gasteiger partial charge in [0.2, 0.25) is 0 Å². The fourth-order valence-corrected chi connectivity index (χ4v) is 9.42. The zero-order valence-corrected chi connectivity index (χ0v) is 33.9. The molecule has 0 aliphatic rings. The number of hydrogen-bond acceptors (Lipinski definition) is 2. The van der Waals surface area contributed by atoms with Gasteiger partial charge in [-0.3, -0.25) is 0 Å². The van der Waals surface area contributed by atoms with Crippen molar-refractivity contribution in [2.45, 2.75) is 0 Å². The Kier molecular flexibility index (Phi) is 8.53. The Bertz CT molecular complexity index is 3620. The molecule has 0 spiro atoms. The lowest BCUT2D eigenvalue weighted by atomic mass is 9.94. The fraction of sp³-hybridized carbons (Fsp3) is 0. The molecule has 0 amide bonds. The summed E-state index contributed by atoms with van der Waals surface area (Å²) in [5, 5.41) is 9.65. The molecular formula is C60H39NO. The summed E-state index contributed by atoms with van der Waals surface area (Å²) >= 11 is 0. The van der Waals surface area contributed by atoms with Crippen LogP contribution in [0.3, 0.4) is 0 Å². The molecule has 0 saturated carbocycles. The third kappa shape index (κ3) is 6.12. The Labute approximate surface area is 360 Å². The van der Waals surface area contributed by atoms with Crippen molar-refractivity contribution in [3.8, 4) is 44.5 Å². The third-order valence-electron chi connectivity index (χ3n) is 12.5. The summed E-state index contributed by atoms with van der Waals surface area (Å²) in [6.45, 7) is 0. The van der Waals surface area contributed by atoms with E-state index in [0.29, 0.717) is 0 Å². The maximum Gasteiger partial charge on any atom is 0.136 e. The molecule has 1 heterocycles. The van der Waals surface area contributed by atoms with Crippen LogP contribution >= 0.6 is 0 Å². The molecule has 0 saturated heterocycles. The Balaban J connectivity index is 1.02. The minimum absolute atomic E-state index is 0.884. The van der Waals surface area contributed by atoms with E-state index in [1.807, 2.05) is 0 Å². The SMILES string of the molecule is c1ccc(-c2ccc(-c3ccccc3N(c3ccc(-c4cccc5c4ccc4ccccc45)cc3)c3ccccc3-c3ccc4oc5cc6ccccc6cc5c4c3)cc2)cc1. The van der Waals surface area contributed by atoms with Gasteiger partial charge >= 0.3 is 0 Å².